The van der Waals surface area contributed by atoms with E-state index in [1.807, 2.05) is 55.5 Å². The molecule has 0 atom stereocenters. The molecule has 1 rings (SSSR count). The maximum absolute atomic E-state index is 3.89. The first-order chi connectivity index (χ1) is 9.78. The van der Waals surface area contributed by atoms with E-state index < -0.39 is 0 Å². The van der Waals surface area contributed by atoms with Crippen LogP contribution in [0.4, 0.5) is 5.69 Å². The average Bonchev–Trinajstić information content (AvgIpc) is 2.48. The van der Waals surface area contributed by atoms with E-state index in [9.17, 15) is 0 Å². The molecule has 0 saturated carbocycles. The van der Waals surface area contributed by atoms with Gasteiger partial charge in [0.05, 0.1) is 0 Å². The Bertz CT molecular complexity index is 544. The van der Waals surface area contributed by atoms with Crippen molar-refractivity contribution in [3.63, 3.8) is 0 Å². The predicted octanol–water partition coefficient (Wildman–Crippen LogP) is 5.39. The molecule has 0 aliphatic heterocycles. The fraction of sp³-hybridized carbons (Fsp3) is 0.0526. The van der Waals surface area contributed by atoms with Crippen molar-refractivity contribution >= 4 is 5.69 Å². The standard InChI is InChI=1S/C19H21N/c1-5-12-17(8-4)20(18(13-6-2)14-7-3)19-15-10-9-11-16-19/h5-16H,1-2,4H2,3H3/b14-7-,17-12+,18-13+. The van der Waals surface area contributed by atoms with Gasteiger partial charge in [-0.3, -0.25) is 0 Å². The maximum Gasteiger partial charge on any atom is 0.0461 e. The first-order valence-corrected chi connectivity index (χ1v) is 6.54. The SMILES string of the molecule is C=C/C=C(\C=C)N(C(/C=C\C)=C/C=C)c1ccccc1. The van der Waals surface area contributed by atoms with Crippen LogP contribution in [0, 0.1) is 0 Å². The summed E-state index contributed by atoms with van der Waals surface area (Å²) in [6.07, 6.45) is 13.3. The normalized spacial score (nSPS) is 12.2. The van der Waals surface area contributed by atoms with Crippen LogP contribution >= 0.6 is 0 Å². The zero-order valence-corrected chi connectivity index (χ0v) is 12.0. The van der Waals surface area contributed by atoms with Crippen molar-refractivity contribution in [1.82, 2.24) is 0 Å². The van der Waals surface area contributed by atoms with Crippen LogP contribution in [-0.4, -0.2) is 0 Å². The first kappa shape index (κ1) is 15.5. The molecule has 0 aliphatic rings. The highest BCUT2D eigenvalue weighted by atomic mass is 15.1. The Morgan fingerprint density at radius 3 is 2.05 bits per heavy atom. The number of anilines is 1. The van der Waals surface area contributed by atoms with Crippen LogP contribution in [-0.2, 0) is 0 Å². The first-order valence-electron chi connectivity index (χ1n) is 6.54. The van der Waals surface area contributed by atoms with Crippen LogP contribution < -0.4 is 4.90 Å². The summed E-state index contributed by atoms with van der Waals surface area (Å²) in [5, 5.41) is 0. The van der Waals surface area contributed by atoms with Crippen LogP contribution in [0.25, 0.3) is 0 Å². The molecule has 0 unspecified atom stereocenters. The molecule has 0 aliphatic carbocycles. The average molecular weight is 263 g/mol. The van der Waals surface area contributed by atoms with E-state index in [1.54, 1.807) is 12.2 Å². The fourth-order valence-electron chi connectivity index (χ4n) is 1.88. The molecule has 0 aromatic heterocycles. The van der Waals surface area contributed by atoms with E-state index in [2.05, 4.69) is 36.8 Å². The van der Waals surface area contributed by atoms with Gasteiger partial charge in [0.1, 0.15) is 0 Å². The summed E-state index contributed by atoms with van der Waals surface area (Å²) < 4.78 is 0. The Morgan fingerprint density at radius 1 is 0.950 bits per heavy atom. The van der Waals surface area contributed by atoms with Crippen LogP contribution in [0.15, 0.2) is 104 Å². The van der Waals surface area contributed by atoms with Crippen LogP contribution in [0.5, 0.6) is 0 Å². The minimum absolute atomic E-state index is 0.956. The van der Waals surface area contributed by atoms with Gasteiger partial charge in [-0.25, -0.2) is 0 Å². The van der Waals surface area contributed by atoms with Gasteiger partial charge in [-0.15, -0.1) is 0 Å². The van der Waals surface area contributed by atoms with Gasteiger partial charge >= 0.3 is 0 Å². The summed E-state index contributed by atoms with van der Waals surface area (Å²) in [6, 6.07) is 10.1. The van der Waals surface area contributed by atoms with Gasteiger partial charge in [0.15, 0.2) is 0 Å². The van der Waals surface area contributed by atoms with Crippen molar-refractivity contribution < 1.29 is 0 Å². The highest BCUT2D eigenvalue weighted by Gasteiger charge is 2.11. The van der Waals surface area contributed by atoms with Gasteiger partial charge < -0.3 is 4.90 Å². The van der Waals surface area contributed by atoms with Crippen molar-refractivity contribution in [1.29, 1.82) is 0 Å². The highest BCUT2D eigenvalue weighted by molar-refractivity contribution is 5.63. The lowest BCUT2D eigenvalue weighted by Crippen LogP contribution is -2.19. The Labute approximate surface area is 122 Å². The molecule has 0 spiro atoms. The number of hydrogen-bond acceptors (Lipinski definition) is 1. The van der Waals surface area contributed by atoms with Gasteiger partial charge in [0.2, 0.25) is 0 Å². The third-order valence-corrected chi connectivity index (χ3v) is 2.65. The van der Waals surface area contributed by atoms with Crippen molar-refractivity contribution in [2.45, 2.75) is 6.92 Å². The van der Waals surface area contributed by atoms with Gasteiger partial charge in [0, 0.05) is 17.1 Å². The molecule has 0 saturated heterocycles. The molecule has 1 aromatic rings. The minimum atomic E-state index is 0.956. The van der Waals surface area contributed by atoms with Crippen molar-refractivity contribution in [2.24, 2.45) is 0 Å². The summed E-state index contributed by atoms with van der Waals surface area (Å²) in [6.45, 7) is 13.4. The predicted molar refractivity (Wildman–Crippen MR) is 90.5 cm³/mol. The number of benzene rings is 1. The van der Waals surface area contributed by atoms with Gasteiger partial charge in [0.25, 0.3) is 0 Å². The van der Waals surface area contributed by atoms with E-state index in [0.717, 1.165) is 17.1 Å². The molecular formula is C19H21N. The number of para-hydroxylation sites is 1. The molecule has 0 N–H and O–H groups in total. The molecule has 1 aromatic carbocycles. The molecule has 0 fully saturated rings. The second-order valence-electron chi connectivity index (χ2n) is 4.03. The number of allylic oxidation sites excluding steroid dienone is 7. The van der Waals surface area contributed by atoms with Crippen LogP contribution in [0.2, 0.25) is 0 Å². The van der Waals surface area contributed by atoms with E-state index >= 15 is 0 Å². The molecule has 0 amide bonds. The van der Waals surface area contributed by atoms with Crippen molar-refractivity contribution in [2.75, 3.05) is 4.90 Å². The molecule has 20 heavy (non-hydrogen) atoms. The third-order valence-electron chi connectivity index (χ3n) is 2.65. The molecule has 1 nitrogen and oxygen atoms in total. The van der Waals surface area contributed by atoms with Crippen molar-refractivity contribution in [3.05, 3.63) is 104 Å². The maximum atomic E-state index is 3.89. The summed E-state index contributed by atoms with van der Waals surface area (Å²) in [7, 11) is 0. The summed E-state index contributed by atoms with van der Waals surface area (Å²) in [5.41, 5.74) is 3.03. The summed E-state index contributed by atoms with van der Waals surface area (Å²) in [5.74, 6) is 0. The Morgan fingerprint density at radius 2 is 1.55 bits per heavy atom. The van der Waals surface area contributed by atoms with Crippen LogP contribution in [0.3, 0.4) is 0 Å². The quantitative estimate of drug-likeness (QED) is 0.596. The molecule has 102 valence electrons. The summed E-state index contributed by atoms with van der Waals surface area (Å²) >= 11 is 0. The second kappa shape index (κ2) is 8.54. The van der Waals surface area contributed by atoms with E-state index in [0.29, 0.717) is 0 Å². The lowest BCUT2D eigenvalue weighted by Gasteiger charge is -2.27. The lowest BCUT2D eigenvalue weighted by atomic mass is 10.2. The van der Waals surface area contributed by atoms with Gasteiger partial charge in [-0.05, 0) is 43.4 Å². The zero-order chi connectivity index (χ0) is 14.8. The second-order valence-corrected chi connectivity index (χ2v) is 4.03. The van der Waals surface area contributed by atoms with E-state index in [4.69, 9.17) is 0 Å². The van der Waals surface area contributed by atoms with Crippen molar-refractivity contribution in [3.8, 4) is 0 Å². The molecular weight excluding hydrogens is 242 g/mol. The van der Waals surface area contributed by atoms with Gasteiger partial charge in [-0.1, -0.05) is 56.2 Å². The molecule has 0 bridgehead atoms. The molecule has 0 heterocycles. The number of rotatable bonds is 7. The zero-order valence-electron chi connectivity index (χ0n) is 12.0. The Kier molecular flexibility index (Phi) is 6.63. The number of hydrogen-bond donors (Lipinski definition) is 0. The Hall–Kier alpha value is -2.54. The van der Waals surface area contributed by atoms with E-state index in [1.165, 1.54) is 0 Å². The number of nitrogens with zero attached hydrogens (tertiary/aromatic N) is 1. The summed E-state index contributed by atoms with van der Waals surface area (Å²) in [4.78, 5) is 2.11. The van der Waals surface area contributed by atoms with E-state index in [-0.39, 0.29) is 0 Å². The highest BCUT2D eigenvalue weighted by Crippen LogP contribution is 2.25. The minimum Gasteiger partial charge on any atom is -0.311 e. The topological polar surface area (TPSA) is 3.24 Å². The van der Waals surface area contributed by atoms with Gasteiger partial charge in [-0.2, -0.15) is 0 Å². The largest absolute Gasteiger partial charge is 0.311 e. The smallest absolute Gasteiger partial charge is 0.0461 e. The lowest BCUT2D eigenvalue weighted by molar-refractivity contribution is 1.14. The fourth-order valence-corrected chi connectivity index (χ4v) is 1.88. The molecule has 1 heteroatoms. The monoisotopic (exact) mass is 263 g/mol. The Balaban J connectivity index is 3.44. The van der Waals surface area contributed by atoms with Crippen LogP contribution in [0.1, 0.15) is 6.92 Å². The molecule has 0 radical (unpaired) electrons. The third kappa shape index (κ3) is 3.99.